The van der Waals surface area contributed by atoms with Crippen molar-refractivity contribution in [2.45, 2.75) is 31.8 Å². The molecule has 8 heteroatoms. The maximum absolute atomic E-state index is 11.9. The van der Waals surface area contributed by atoms with E-state index in [0.29, 0.717) is 12.0 Å². The van der Waals surface area contributed by atoms with Crippen molar-refractivity contribution < 1.29 is 5.11 Å². The molecule has 20 heavy (non-hydrogen) atoms. The fraction of sp³-hybridized carbons (Fsp3) is 0.667. The normalized spacial score (nSPS) is 34.4. The quantitative estimate of drug-likeness (QED) is 0.474. The number of rotatable bonds is 3. The number of aromatic amines is 1. The third-order valence-corrected chi connectivity index (χ3v) is 4.76. The highest BCUT2D eigenvalue weighted by molar-refractivity contribution is 5.20. The van der Waals surface area contributed by atoms with Crippen molar-refractivity contribution in [2.75, 3.05) is 6.61 Å². The van der Waals surface area contributed by atoms with Crippen molar-refractivity contribution in [3.8, 4) is 0 Å². The number of aliphatic hydroxyl groups excluding tert-OH is 1. The van der Waals surface area contributed by atoms with Gasteiger partial charge in [-0.3, -0.25) is 14.3 Å². The first-order valence-electron chi connectivity index (χ1n) is 6.50. The smallest absolute Gasteiger partial charge is 0.328 e. The molecule has 1 aromatic rings. The number of nitrogens with one attached hydrogen (secondary N) is 1. The van der Waals surface area contributed by atoms with Crippen molar-refractivity contribution in [1.29, 1.82) is 0 Å². The molecule has 8 nitrogen and oxygen atoms in total. The van der Waals surface area contributed by atoms with Crippen LogP contribution < -0.4 is 11.2 Å². The lowest BCUT2D eigenvalue weighted by Crippen LogP contribution is -2.33. The minimum absolute atomic E-state index is 0.0467. The van der Waals surface area contributed by atoms with Gasteiger partial charge in [-0.05, 0) is 31.2 Å². The number of aromatic nitrogens is 2. The van der Waals surface area contributed by atoms with Gasteiger partial charge in [-0.15, -0.1) is 0 Å². The maximum Gasteiger partial charge on any atom is 0.328 e. The zero-order valence-electron chi connectivity index (χ0n) is 11.0. The number of aryl methyl sites for hydroxylation is 1. The van der Waals surface area contributed by atoms with Crippen LogP contribution in [0.1, 0.15) is 24.4 Å². The average Bonchev–Trinajstić information content (AvgIpc) is 3.08. The Morgan fingerprint density at radius 3 is 3.05 bits per heavy atom. The Morgan fingerprint density at radius 1 is 1.65 bits per heavy atom. The van der Waals surface area contributed by atoms with Gasteiger partial charge in [-0.1, -0.05) is 5.11 Å². The van der Waals surface area contributed by atoms with Crippen molar-refractivity contribution in [1.82, 2.24) is 9.55 Å². The highest BCUT2D eigenvalue weighted by atomic mass is 16.3. The molecular weight excluding hydrogens is 262 g/mol. The van der Waals surface area contributed by atoms with E-state index < -0.39 is 5.69 Å². The highest BCUT2D eigenvalue weighted by Gasteiger charge is 2.67. The summed E-state index contributed by atoms with van der Waals surface area (Å²) in [5.74, 6) is 0.117. The summed E-state index contributed by atoms with van der Waals surface area (Å²) in [6.45, 7) is 1.59. The summed E-state index contributed by atoms with van der Waals surface area (Å²) in [5.41, 5.74) is 7.86. The molecule has 0 bridgehead atoms. The summed E-state index contributed by atoms with van der Waals surface area (Å²) in [6, 6.07) is -0.438. The van der Waals surface area contributed by atoms with Crippen LogP contribution in [0.3, 0.4) is 0 Å². The van der Waals surface area contributed by atoms with E-state index in [-0.39, 0.29) is 35.6 Å². The number of H-pyrrole nitrogens is 1. The standard InChI is InChI=1S/C12H15N5O3/c1-6-4-17(11(20)14-10(6)19)8-2-9(15-16-13)12(5-18)3-7(8)12/h4,7-9,18H,2-3,5H2,1H3,(H,14,19,20)/t7?,8-,9-,12-/m0/s1. The van der Waals surface area contributed by atoms with Gasteiger partial charge in [0.2, 0.25) is 0 Å². The molecule has 0 aromatic carbocycles. The number of azide groups is 1. The Kier molecular flexibility index (Phi) is 2.74. The third kappa shape index (κ3) is 1.62. The first-order valence-corrected chi connectivity index (χ1v) is 6.50. The third-order valence-electron chi connectivity index (χ3n) is 4.76. The lowest BCUT2D eigenvalue weighted by Gasteiger charge is -2.17. The van der Waals surface area contributed by atoms with Crippen molar-refractivity contribution in [2.24, 2.45) is 16.4 Å². The fourth-order valence-electron chi connectivity index (χ4n) is 3.53. The van der Waals surface area contributed by atoms with Gasteiger partial charge < -0.3 is 5.11 Å². The van der Waals surface area contributed by atoms with Gasteiger partial charge in [0.05, 0.1) is 0 Å². The molecular formula is C12H15N5O3. The predicted molar refractivity (Wildman–Crippen MR) is 70.3 cm³/mol. The van der Waals surface area contributed by atoms with Crippen LogP contribution in [-0.4, -0.2) is 27.3 Å². The first-order chi connectivity index (χ1) is 9.53. The lowest BCUT2D eigenvalue weighted by atomic mass is 10.00. The van der Waals surface area contributed by atoms with Gasteiger partial charge in [0, 0.05) is 40.8 Å². The first kappa shape index (κ1) is 13.0. The van der Waals surface area contributed by atoms with Crippen LogP contribution in [0.2, 0.25) is 0 Å². The van der Waals surface area contributed by atoms with E-state index >= 15 is 0 Å². The van der Waals surface area contributed by atoms with E-state index in [1.807, 2.05) is 0 Å². The Labute approximate surface area is 113 Å². The summed E-state index contributed by atoms with van der Waals surface area (Å²) < 4.78 is 1.51. The fourth-order valence-corrected chi connectivity index (χ4v) is 3.53. The SMILES string of the molecule is Cc1cn([C@H]2C[C@H](N=[N+]=[N-])[C@]3(CO)CC23)c(=O)[nH]c1=O. The summed E-state index contributed by atoms with van der Waals surface area (Å²) in [4.78, 5) is 28.5. The molecule has 0 saturated heterocycles. The summed E-state index contributed by atoms with van der Waals surface area (Å²) in [6.07, 6.45) is 2.80. The van der Waals surface area contributed by atoms with Crippen LogP contribution in [0.4, 0.5) is 0 Å². The number of fused-ring (bicyclic) bond motifs is 1. The van der Waals surface area contributed by atoms with E-state index in [0.717, 1.165) is 6.42 Å². The number of nitrogens with zero attached hydrogens (tertiary/aromatic N) is 4. The highest BCUT2D eigenvalue weighted by Crippen LogP contribution is 2.68. The lowest BCUT2D eigenvalue weighted by molar-refractivity contribution is 0.191. The maximum atomic E-state index is 11.9. The molecule has 2 aliphatic carbocycles. The average molecular weight is 277 g/mol. The van der Waals surface area contributed by atoms with Gasteiger partial charge in [-0.25, -0.2) is 4.79 Å². The van der Waals surface area contributed by atoms with Crippen molar-refractivity contribution in [3.63, 3.8) is 0 Å². The largest absolute Gasteiger partial charge is 0.396 e. The van der Waals surface area contributed by atoms with Crippen LogP contribution >= 0.6 is 0 Å². The van der Waals surface area contributed by atoms with E-state index in [4.69, 9.17) is 5.53 Å². The molecule has 0 aliphatic heterocycles. The van der Waals surface area contributed by atoms with Crippen LogP contribution in [0, 0.1) is 18.3 Å². The van der Waals surface area contributed by atoms with Gasteiger partial charge in [-0.2, -0.15) is 0 Å². The molecule has 3 rings (SSSR count). The number of aliphatic hydroxyl groups is 1. The van der Waals surface area contributed by atoms with Crippen LogP contribution in [0.15, 0.2) is 20.9 Å². The molecule has 4 atom stereocenters. The van der Waals surface area contributed by atoms with Crippen molar-refractivity contribution >= 4 is 0 Å². The Hall–Kier alpha value is -2.05. The predicted octanol–water partition coefficient (Wildman–Crippen LogP) is 0.467. The zero-order valence-corrected chi connectivity index (χ0v) is 11.0. The van der Waals surface area contributed by atoms with Crippen LogP contribution in [0.5, 0.6) is 0 Å². The van der Waals surface area contributed by atoms with E-state index in [9.17, 15) is 14.7 Å². The Morgan fingerprint density at radius 2 is 2.40 bits per heavy atom. The minimum Gasteiger partial charge on any atom is -0.396 e. The summed E-state index contributed by atoms with van der Waals surface area (Å²) >= 11 is 0. The van der Waals surface area contributed by atoms with E-state index in [1.54, 1.807) is 13.1 Å². The molecule has 0 amide bonds. The molecule has 106 valence electrons. The van der Waals surface area contributed by atoms with E-state index in [2.05, 4.69) is 15.0 Å². The second-order valence-electron chi connectivity index (χ2n) is 5.70. The van der Waals surface area contributed by atoms with Crippen molar-refractivity contribution in [3.05, 3.63) is 43.0 Å². The topological polar surface area (TPSA) is 124 Å². The number of hydrogen-bond acceptors (Lipinski definition) is 4. The Bertz CT molecular complexity index is 717. The summed E-state index contributed by atoms with van der Waals surface area (Å²) in [7, 11) is 0. The molecule has 2 fully saturated rings. The zero-order chi connectivity index (χ0) is 14.5. The molecule has 2 saturated carbocycles. The molecule has 1 unspecified atom stereocenters. The molecule has 1 heterocycles. The van der Waals surface area contributed by atoms with Crippen LogP contribution in [-0.2, 0) is 0 Å². The monoisotopic (exact) mass is 277 g/mol. The van der Waals surface area contributed by atoms with Gasteiger partial charge >= 0.3 is 5.69 Å². The second-order valence-corrected chi connectivity index (χ2v) is 5.70. The molecule has 0 spiro atoms. The second kappa shape index (κ2) is 4.22. The number of hydrogen-bond donors (Lipinski definition) is 2. The Balaban J connectivity index is 2.02. The van der Waals surface area contributed by atoms with Gasteiger partial charge in [0.15, 0.2) is 0 Å². The summed E-state index contributed by atoms with van der Waals surface area (Å²) in [5, 5.41) is 13.3. The van der Waals surface area contributed by atoms with E-state index in [1.165, 1.54) is 4.57 Å². The van der Waals surface area contributed by atoms with Gasteiger partial charge in [0.1, 0.15) is 0 Å². The minimum atomic E-state index is -0.453. The molecule has 1 aromatic heterocycles. The molecule has 2 N–H and O–H groups in total. The van der Waals surface area contributed by atoms with Gasteiger partial charge in [0.25, 0.3) is 5.56 Å². The molecule has 2 aliphatic rings. The van der Waals surface area contributed by atoms with Crippen LogP contribution in [0.25, 0.3) is 10.4 Å². The molecule has 0 radical (unpaired) electrons.